The normalized spacial score (nSPS) is 11.2. The van der Waals surface area contributed by atoms with Gasteiger partial charge in [0.25, 0.3) is 0 Å². The summed E-state index contributed by atoms with van der Waals surface area (Å²) in [5, 5.41) is 26.1. The number of esters is 2. The summed E-state index contributed by atoms with van der Waals surface area (Å²) in [6, 6.07) is 27.8. The van der Waals surface area contributed by atoms with Crippen LogP contribution in [0.15, 0.2) is 147 Å². The molecule has 0 aliphatic heterocycles. The number of hydrogen-bond donors (Lipinski definition) is 0. The maximum atomic E-state index is 11.0. The van der Waals surface area contributed by atoms with Gasteiger partial charge in [-0.15, -0.1) is 0 Å². The molecule has 12 nitrogen and oxygen atoms in total. The van der Waals surface area contributed by atoms with E-state index in [0.29, 0.717) is 54.9 Å². The van der Waals surface area contributed by atoms with Gasteiger partial charge in [0.2, 0.25) is 0 Å². The molecule has 4 rings (SSSR count). The molecule has 0 bridgehead atoms. The molecule has 0 amide bonds. The first-order chi connectivity index (χ1) is 25.9. The van der Waals surface area contributed by atoms with Gasteiger partial charge in [-0.3, -0.25) is 0 Å². The predicted molar refractivity (Wildman–Crippen MR) is 204 cm³/mol. The molecule has 0 fully saturated rings. The number of hydrogen-bond acceptors (Lipinski definition) is 12. The third kappa shape index (κ3) is 15.2. The highest BCUT2D eigenvalue weighted by Crippen LogP contribution is 2.29. The number of azo groups is 3. The topological polar surface area (TPSA) is 145 Å². The molecule has 12 heteroatoms. The van der Waals surface area contributed by atoms with E-state index < -0.39 is 11.9 Å². The van der Waals surface area contributed by atoms with E-state index in [2.05, 4.69) is 43.8 Å². The van der Waals surface area contributed by atoms with Crippen molar-refractivity contribution in [2.24, 2.45) is 30.7 Å². The number of nitrogens with zero attached hydrogens (tertiary/aromatic N) is 6. The third-order valence-corrected chi connectivity index (χ3v) is 7.48. The van der Waals surface area contributed by atoms with Crippen LogP contribution in [0, 0.1) is 6.92 Å². The molecule has 53 heavy (non-hydrogen) atoms. The molecule has 0 aliphatic rings. The van der Waals surface area contributed by atoms with Crippen LogP contribution in [0.3, 0.4) is 0 Å². The van der Waals surface area contributed by atoms with Gasteiger partial charge in [0.15, 0.2) is 0 Å². The Labute approximate surface area is 310 Å². The second kappa shape index (κ2) is 22.5. The second-order valence-electron chi connectivity index (χ2n) is 11.6. The van der Waals surface area contributed by atoms with Crippen LogP contribution in [0.2, 0.25) is 0 Å². The molecule has 0 radical (unpaired) electrons. The molecule has 0 heterocycles. The van der Waals surface area contributed by atoms with Crippen molar-refractivity contribution in [2.75, 3.05) is 26.4 Å². The number of unbranched alkanes of at least 4 members (excludes halogenated alkanes) is 4. The van der Waals surface area contributed by atoms with Gasteiger partial charge in [0, 0.05) is 12.2 Å². The van der Waals surface area contributed by atoms with E-state index in [-0.39, 0.29) is 0 Å². The van der Waals surface area contributed by atoms with Crippen molar-refractivity contribution in [2.45, 2.75) is 45.4 Å². The number of rotatable bonds is 22. The van der Waals surface area contributed by atoms with Crippen LogP contribution in [0.25, 0.3) is 0 Å². The van der Waals surface area contributed by atoms with Gasteiger partial charge in [-0.25, -0.2) is 9.59 Å². The van der Waals surface area contributed by atoms with Gasteiger partial charge in [0.05, 0.1) is 60.6 Å². The lowest BCUT2D eigenvalue weighted by atomic mass is 10.2. The Hall–Kier alpha value is -6.30. The minimum absolute atomic E-state index is 0.390. The van der Waals surface area contributed by atoms with Gasteiger partial charge >= 0.3 is 11.9 Å². The SMILES string of the molecule is C=CC(=O)OCCCCCOc1ccc(N=Nc2ccc(N=Nc3ccc(N=Nc4ccc(OCCCCCOC(=O)C=C)cc4)cc3C)cc2)cc1. The highest BCUT2D eigenvalue weighted by Gasteiger charge is 2.02. The molecule has 4 aromatic carbocycles. The quantitative estimate of drug-likeness (QED) is 0.0342. The van der Waals surface area contributed by atoms with E-state index in [1.807, 2.05) is 97.9 Å². The number of ether oxygens (including phenoxy) is 4. The first kappa shape index (κ1) is 39.5. The van der Waals surface area contributed by atoms with E-state index in [0.717, 1.165) is 67.4 Å². The summed E-state index contributed by atoms with van der Waals surface area (Å²) in [6.07, 6.45) is 7.42. The molecule has 0 saturated heterocycles. The number of aryl methyl sites for hydroxylation is 1. The molecule has 274 valence electrons. The average Bonchev–Trinajstić information content (AvgIpc) is 3.19. The third-order valence-electron chi connectivity index (χ3n) is 7.48. The lowest BCUT2D eigenvalue weighted by molar-refractivity contribution is -0.138. The summed E-state index contributed by atoms with van der Waals surface area (Å²) in [5.74, 6) is 0.721. The fourth-order valence-corrected chi connectivity index (χ4v) is 4.57. The molecule has 0 aromatic heterocycles. The van der Waals surface area contributed by atoms with E-state index in [1.54, 1.807) is 0 Å². The first-order valence-corrected chi connectivity index (χ1v) is 17.4. The van der Waals surface area contributed by atoms with Crippen LogP contribution < -0.4 is 9.47 Å². The van der Waals surface area contributed by atoms with E-state index in [4.69, 9.17) is 18.9 Å². The van der Waals surface area contributed by atoms with Crippen molar-refractivity contribution in [3.63, 3.8) is 0 Å². The Bertz CT molecular complexity index is 1860. The van der Waals surface area contributed by atoms with Crippen LogP contribution in [0.5, 0.6) is 11.5 Å². The minimum atomic E-state index is -0.396. The molecule has 4 aromatic rings. The van der Waals surface area contributed by atoms with Crippen molar-refractivity contribution >= 4 is 46.1 Å². The zero-order valence-corrected chi connectivity index (χ0v) is 29.9. The summed E-state index contributed by atoms with van der Waals surface area (Å²) in [5.41, 5.74) is 5.13. The van der Waals surface area contributed by atoms with E-state index in [1.165, 1.54) is 6.08 Å². The summed E-state index contributed by atoms with van der Waals surface area (Å²) in [4.78, 5) is 22.1. The highest BCUT2D eigenvalue weighted by atomic mass is 16.5. The molecular formula is C41H44N6O6. The van der Waals surface area contributed by atoms with E-state index in [9.17, 15) is 9.59 Å². The fraction of sp³-hybridized carbons (Fsp3) is 0.268. The summed E-state index contributed by atoms with van der Waals surface area (Å²) >= 11 is 0. The smallest absolute Gasteiger partial charge is 0.330 e. The molecule has 0 atom stereocenters. The minimum Gasteiger partial charge on any atom is -0.494 e. The van der Waals surface area contributed by atoms with Gasteiger partial charge in [-0.2, -0.15) is 30.7 Å². The average molecular weight is 717 g/mol. The first-order valence-electron chi connectivity index (χ1n) is 17.4. The fourth-order valence-electron chi connectivity index (χ4n) is 4.57. The molecule has 0 aliphatic carbocycles. The summed E-state index contributed by atoms with van der Waals surface area (Å²) in [7, 11) is 0. The zero-order valence-electron chi connectivity index (χ0n) is 29.9. The molecule has 0 saturated carbocycles. The number of carbonyl (C=O) groups is 2. The summed E-state index contributed by atoms with van der Waals surface area (Å²) in [6.45, 7) is 10.6. The Balaban J connectivity index is 1.16. The van der Waals surface area contributed by atoms with Crippen molar-refractivity contribution < 1.29 is 28.5 Å². The van der Waals surface area contributed by atoms with Crippen molar-refractivity contribution in [3.8, 4) is 11.5 Å². The highest BCUT2D eigenvalue weighted by molar-refractivity contribution is 5.81. The summed E-state index contributed by atoms with van der Waals surface area (Å²) < 4.78 is 21.5. The monoisotopic (exact) mass is 716 g/mol. The maximum absolute atomic E-state index is 11.0. The van der Waals surface area contributed by atoms with Crippen molar-refractivity contribution in [3.05, 3.63) is 122 Å². The zero-order chi connectivity index (χ0) is 37.5. The Morgan fingerprint density at radius 3 is 1.26 bits per heavy atom. The Kier molecular flexibility index (Phi) is 16.8. The van der Waals surface area contributed by atoms with Crippen LogP contribution >= 0.6 is 0 Å². The van der Waals surface area contributed by atoms with Crippen LogP contribution in [0.1, 0.15) is 44.1 Å². The Morgan fingerprint density at radius 1 is 0.491 bits per heavy atom. The number of benzene rings is 4. The maximum Gasteiger partial charge on any atom is 0.330 e. The van der Waals surface area contributed by atoms with Gasteiger partial charge in [0.1, 0.15) is 11.5 Å². The van der Waals surface area contributed by atoms with Gasteiger partial charge in [-0.1, -0.05) is 13.2 Å². The molecular weight excluding hydrogens is 672 g/mol. The lowest BCUT2D eigenvalue weighted by Gasteiger charge is -2.06. The van der Waals surface area contributed by atoms with E-state index >= 15 is 0 Å². The number of carbonyl (C=O) groups excluding carboxylic acids is 2. The molecule has 0 N–H and O–H groups in total. The predicted octanol–water partition coefficient (Wildman–Crippen LogP) is 11.8. The van der Waals surface area contributed by atoms with Gasteiger partial charge in [-0.05, 0) is 142 Å². The Morgan fingerprint density at radius 2 is 0.849 bits per heavy atom. The largest absolute Gasteiger partial charge is 0.494 e. The standard InChI is InChI=1S/C41H44N6O6/c1-4-40(48)52-28-10-6-8-26-50-37-21-16-34(17-22-37)43-42-32-12-14-33(15-13-32)45-47-39-25-20-36(30-31(39)3)46-44-35-18-23-38(24-19-35)51-27-9-7-11-29-53-41(49)5-2/h4-5,12-25,30H,1-2,6-11,26-29H2,3H3. The van der Waals surface area contributed by atoms with Crippen LogP contribution in [0.4, 0.5) is 34.1 Å². The van der Waals surface area contributed by atoms with Crippen molar-refractivity contribution in [1.29, 1.82) is 0 Å². The van der Waals surface area contributed by atoms with Crippen LogP contribution in [-0.2, 0) is 19.1 Å². The molecule has 0 unspecified atom stereocenters. The molecule has 0 spiro atoms. The second-order valence-corrected chi connectivity index (χ2v) is 11.6. The van der Waals surface area contributed by atoms with Gasteiger partial charge < -0.3 is 18.9 Å². The van der Waals surface area contributed by atoms with Crippen molar-refractivity contribution in [1.82, 2.24) is 0 Å². The lowest BCUT2D eigenvalue weighted by Crippen LogP contribution is -2.03. The van der Waals surface area contributed by atoms with Crippen LogP contribution in [-0.4, -0.2) is 38.4 Å².